The van der Waals surface area contributed by atoms with Crippen LogP contribution in [0.1, 0.15) is 55.3 Å². The summed E-state index contributed by atoms with van der Waals surface area (Å²) in [5.74, 6) is -1.17. The van der Waals surface area contributed by atoms with Crippen molar-refractivity contribution in [3.05, 3.63) is 70.8 Å². The second-order valence-corrected chi connectivity index (χ2v) is 6.15. The molecular formula is C22H22O7. The minimum Gasteiger partial charge on any atom is -0.460 e. The summed E-state index contributed by atoms with van der Waals surface area (Å²) in [5.41, 5.74) is 1.74. The summed E-state index contributed by atoms with van der Waals surface area (Å²) in [4.78, 5) is 46.2. The van der Waals surface area contributed by atoms with E-state index < -0.39 is 11.9 Å². The van der Waals surface area contributed by atoms with E-state index in [1.807, 2.05) is 0 Å². The monoisotopic (exact) mass is 398 g/mol. The Labute approximate surface area is 168 Å². The number of ketones is 2. The van der Waals surface area contributed by atoms with Crippen LogP contribution in [0.4, 0.5) is 0 Å². The van der Waals surface area contributed by atoms with Crippen molar-refractivity contribution in [1.29, 1.82) is 0 Å². The largest absolute Gasteiger partial charge is 0.460 e. The van der Waals surface area contributed by atoms with Crippen LogP contribution in [0.15, 0.2) is 48.5 Å². The number of hydrogen-bond acceptors (Lipinski definition) is 7. The van der Waals surface area contributed by atoms with Gasteiger partial charge in [-0.3, -0.25) is 9.59 Å². The molecule has 2 aromatic rings. The Morgan fingerprint density at radius 2 is 0.862 bits per heavy atom. The zero-order chi connectivity index (χ0) is 21.2. The van der Waals surface area contributed by atoms with Gasteiger partial charge in [0.05, 0.1) is 24.3 Å². The first-order valence-corrected chi connectivity index (χ1v) is 9.02. The van der Waals surface area contributed by atoms with Gasteiger partial charge in [0.2, 0.25) is 0 Å². The van der Waals surface area contributed by atoms with Gasteiger partial charge in [-0.25, -0.2) is 9.59 Å². The molecule has 0 aromatic heterocycles. The molecule has 0 saturated heterocycles. The van der Waals surface area contributed by atoms with Crippen molar-refractivity contribution in [3.63, 3.8) is 0 Å². The standard InChI is InChI=1S/C22H22O7/c1-15(23)17-3-7-19(8-4-17)21(25)28-13-11-27-12-14-29-22(26)20-9-5-18(6-10-20)16(2)24/h3-10H,11-14H2,1-2H3. The zero-order valence-electron chi connectivity index (χ0n) is 16.3. The molecule has 0 spiro atoms. The second-order valence-electron chi connectivity index (χ2n) is 6.15. The van der Waals surface area contributed by atoms with Crippen LogP contribution in [0.5, 0.6) is 0 Å². The average Bonchev–Trinajstić information content (AvgIpc) is 2.72. The highest BCUT2D eigenvalue weighted by atomic mass is 16.6. The maximum absolute atomic E-state index is 11.9. The van der Waals surface area contributed by atoms with Crippen LogP contribution in [0, 0.1) is 0 Å². The summed E-state index contributed by atoms with van der Waals surface area (Å²) in [6.45, 7) is 3.31. The molecule has 0 unspecified atom stereocenters. The third kappa shape index (κ3) is 6.97. The van der Waals surface area contributed by atoms with Crippen molar-refractivity contribution in [3.8, 4) is 0 Å². The van der Waals surface area contributed by atoms with Crippen molar-refractivity contribution < 1.29 is 33.4 Å². The van der Waals surface area contributed by atoms with E-state index in [-0.39, 0.29) is 38.0 Å². The first-order valence-electron chi connectivity index (χ1n) is 9.02. The van der Waals surface area contributed by atoms with Crippen LogP contribution in [0.3, 0.4) is 0 Å². The Kier molecular flexibility index (Phi) is 8.24. The quantitative estimate of drug-likeness (QED) is 0.345. The normalized spacial score (nSPS) is 10.3. The summed E-state index contributed by atoms with van der Waals surface area (Å²) in [6.07, 6.45) is 0. The summed E-state index contributed by atoms with van der Waals surface area (Å²) in [7, 11) is 0. The fourth-order valence-corrected chi connectivity index (χ4v) is 2.34. The van der Waals surface area contributed by atoms with Gasteiger partial charge in [0, 0.05) is 11.1 Å². The van der Waals surface area contributed by atoms with Crippen LogP contribution < -0.4 is 0 Å². The van der Waals surface area contributed by atoms with Gasteiger partial charge in [0.15, 0.2) is 11.6 Å². The zero-order valence-corrected chi connectivity index (χ0v) is 16.3. The van der Waals surface area contributed by atoms with E-state index >= 15 is 0 Å². The van der Waals surface area contributed by atoms with Crippen molar-refractivity contribution in [2.75, 3.05) is 26.4 Å². The van der Waals surface area contributed by atoms with Crippen LogP contribution in [-0.2, 0) is 14.2 Å². The molecule has 7 heteroatoms. The van der Waals surface area contributed by atoms with Gasteiger partial charge in [-0.15, -0.1) is 0 Å². The number of Topliss-reactive ketones (excluding diaryl/α,β-unsaturated/α-hetero) is 2. The highest BCUT2D eigenvalue weighted by Gasteiger charge is 2.09. The molecule has 0 aliphatic carbocycles. The lowest BCUT2D eigenvalue weighted by Crippen LogP contribution is -2.15. The van der Waals surface area contributed by atoms with Gasteiger partial charge in [-0.1, -0.05) is 24.3 Å². The highest BCUT2D eigenvalue weighted by molar-refractivity contribution is 5.96. The molecule has 0 amide bonds. The number of esters is 2. The Balaban J connectivity index is 1.60. The van der Waals surface area contributed by atoms with Crippen molar-refractivity contribution >= 4 is 23.5 Å². The molecule has 152 valence electrons. The Morgan fingerprint density at radius 3 is 1.17 bits per heavy atom. The first-order chi connectivity index (χ1) is 13.9. The Bertz CT molecular complexity index is 794. The molecule has 2 aromatic carbocycles. The Hall–Kier alpha value is -3.32. The SMILES string of the molecule is CC(=O)c1ccc(C(=O)OCCOCCOC(=O)c2ccc(C(C)=O)cc2)cc1. The summed E-state index contributed by atoms with van der Waals surface area (Å²) >= 11 is 0. The second kappa shape index (κ2) is 10.9. The van der Waals surface area contributed by atoms with Gasteiger partial charge in [0.1, 0.15) is 13.2 Å². The van der Waals surface area contributed by atoms with Gasteiger partial charge in [-0.2, -0.15) is 0 Å². The van der Waals surface area contributed by atoms with E-state index in [0.29, 0.717) is 22.3 Å². The van der Waals surface area contributed by atoms with Gasteiger partial charge in [-0.05, 0) is 38.1 Å². The molecular weight excluding hydrogens is 376 g/mol. The maximum atomic E-state index is 11.9. The van der Waals surface area contributed by atoms with Crippen LogP contribution in [-0.4, -0.2) is 49.9 Å². The van der Waals surface area contributed by atoms with Crippen LogP contribution in [0.25, 0.3) is 0 Å². The predicted octanol–water partition coefficient (Wildman–Crippen LogP) is 3.12. The highest BCUT2D eigenvalue weighted by Crippen LogP contribution is 2.08. The molecule has 0 radical (unpaired) electrons. The summed E-state index contributed by atoms with van der Waals surface area (Å²) in [5, 5.41) is 0. The fourth-order valence-electron chi connectivity index (χ4n) is 2.34. The van der Waals surface area contributed by atoms with Gasteiger partial charge >= 0.3 is 11.9 Å². The van der Waals surface area contributed by atoms with E-state index in [0.717, 1.165) is 0 Å². The lowest BCUT2D eigenvalue weighted by atomic mass is 10.1. The molecule has 0 aliphatic rings. The molecule has 0 fully saturated rings. The third-order valence-corrected chi connectivity index (χ3v) is 3.98. The summed E-state index contributed by atoms with van der Waals surface area (Å²) < 4.78 is 15.4. The van der Waals surface area contributed by atoms with Crippen LogP contribution in [0.2, 0.25) is 0 Å². The average molecular weight is 398 g/mol. The van der Waals surface area contributed by atoms with E-state index in [1.54, 1.807) is 24.3 Å². The van der Waals surface area contributed by atoms with Crippen LogP contribution >= 0.6 is 0 Å². The fraction of sp³-hybridized carbons (Fsp3) is 0.273. The molecule has 0 atom stereocenters. The maximum Gasteiger partial charge on any atom is 0.338 e. The molecule has 29 heavy (non-hydrogen) atoms. The smallest absolute Gasteiger partial charge is 0.338 e. The van der Waals surface area contributed by atoms with E-state index in [2.05, 4.69) is 0 Å². The lowest BCUT2D eigenvalue weighted by molar-refractivity contribution is 0.0151. The van der Waals surface area contributed by atoms with Crippen molar-refractivity contribution in [1.82, 2.24) is 0 Å². The topological polar surface area (TPSA) is 96.0 Å². The minimum absolute atomic E-state index is 0.0494. The van der Waals surface area contributed by atoms with E-state index in [9.17, 15) is 19.2 Å². The number of hydrogen-bond donors (Lipinski definition) is 0. The van der Waals surface area contributed by atoms with Gasteiger partial charge in [0.25, 0.3) is 0 Å². The van der Waals surface area contributed by atoms with Crippen molar-refractivity contribution in [2.24, 2.45) is 0 Å². The third-order valence-electron chi connectivity index (χ3n) is 3.98. The number of ether oxygens (including phenoxy) is 3. The number of benzene rings is 2. The molecule has 0 bridgehead atoms. The lowest BCUT2D eigenvalue weighted by Gasteiger charge is -2.08. The molecule has 0 aliphatic heterocycles. The molecule has 7 nitrogen and oxygen atoms in total. The van der Waals surface area contributed by atoms with E-state index in [4.69, 9.17) is 14.2 Å². The van der Waals surface area contributed by atoms with Crippen molar-refractivity contribution in [2.45, 2.75) is 13.8 Å². The van der Waals surface area contributed by atoms with Gasteiger partial charge < -0.3 is 14.2 Å². The number of carbonyl (C=O) groups is 4. The van der Waals surface area contributed by atoms with E-state index in [1.165, 1.54) is 38.1 Å². The molecule has 0 N–H and O–H groups in total. The minimum atomic E-state index is -0.510. The summed E-state index contributed by atoms with van der Waals surface area (Å²) in [6, 6.07) is 12.4. The predicted molar refractivity (Wildman–Crippen MR) is 104 cm³/mol. The Morgan fingerprint density at radius 1 is 0.552 bits per heavy atom. The molecule has 2 rings (SSSR count). The first kappa shape index (κ1) is 22.0. The molecule has 0 heterocycles. The molecule has 0 saturated carbocycles. The number of rotatable bonds is 10. The number of carbonyl (C=O) groups excluding carboxylic acids is 4.